The molecule has 1 nitrogen and oxygen atoms in total. The zero-order valence-electron chi connectivity index (χ0n) is 10.5. The van der Waals surface area contributed by atoms with Gasteiger partial charge in [0.25, 0.3) is 0 Å². The number of hydrogen-bond donors (Lipinski definition) is 0. The molecule has 0 aliphatic carbocycles. The minimum Gasteiger partial charge on any atom is -0.233 e. The van der Waals surface area contributed by atoms with Crippen molar-refractivity contribution >= 4 is 21.6 Å². The lowest BCUT2D eigenvalue weighted by molar-refractivity contribution is 0.607. The number of benzene rings is 1. The molecule has 91 valence electrons. The van der Waals surface area contributed by atoms with Crippen molar-refractivity contribution in [2.45, 2.75) is 51.9 Å². The molecule has 0 bridgehead atoms. The summed E-state index contributed by atoms with van der Waals surface area (Å²) in [6.45, 7) is 2.27. The largest absolute Gasteiger partial charge is 0.233 e. The van der Waals surface area contributed by atoms with Gasteiger partial charge in [-0.3, -0.25) is 0 Å². The maximum Gasteiger partial charge on any atom is 0.153 e. The molecule has 17 heavy (non-hydrogen) atoms. The predicted molar refractivity (Wildman–Crippen MR) is 75.5 cm³/mol. The Balaban J connectivity index is 1.75. The normalized spacial score (nSPS) is 11.1. The topological polar surface area (TPSA) is 12.9 Å². The fourth-order valence-corrected chi connectivity index (χ4v) is 2.79. The van der Waals surface area contributed by atoms with E-state index in [0.29, 0.717) is 0 Å². The number of fused-ring (bicyclic) bond motifs is 1. The van der Waals surface area contributed by atoms with E-state index < -0.39 is 0 Å². The first kappa shape index (κ1) is 12.6. The second-order valence-corrected chi connectivity index (χ2v) is 5.45. The van der Waals surface area contributed by atoms with Crippen LogP contribution in [-0.2, 0) is 6.42 Å². The molecule has 0 aliphatic rings. The van der Waals surface area contributed by atoms with Gasteiger partial charge in [-0.1, -0.05) is 45.1 Å². The lowest BCUT2D eigenvalue weighted by atomic mass is 10.0. The quantitative estimate of drug-likeness (QED) is 0.626. The Morgan fingerprint density at radius 1 is 1.12 bits per heavy atom. The Morgan fingerprint density at radius 3 is 2.82 bits per heavy atom. The number of aryl methyl sites for hydroxylation is 1. The molecular weight excluding hydrogens is 226 g/mol. The summed E-state index contributed by atoms with van der Waals surface area (Å²) in [5.74, 6) is 0. The second-order valence-electron chi connectivity index (χ2n) is 4.62. The third kappa shape index (κ3) is 3.81. The van der Waals surface area contributed by atoms with Gasteiger partial charge in [0.1, 0.15) is 0 Å². The Labute approximate surface area is 108 Å². The standard InChI is InChI=1S/C15H20NS/c1-2-3-4-5-6-7-8-13-9-10-14-15(11-13)17-12-16-14/h9-11H,2-8H2,1H3. The fraction of sp³-hybridized carbons (Fsp3) is 0.533. The van der Waals surface area contributed by atoms with Crippen LogP contribution in [0, 0.1) is 5.51 Å². The van der Waals surface area contributed by atoms with Crippen LogP contribution in [0.15, 0.2) is 18.2 Å². The number of nitrogens with zero attached hydrogens (tertiary/aromatic N) is 1. The Morgan fingerprint density at radius 2 is 1.94 bits per heavy atom. The number of hydrogen-bond acceptors (Lipinski definition) is 2. The van der Waals surface area contributed by atoms with E-state index in [0.717, 1.165) is 5.52 Å². The number of thiazole rings is 1. The molecule has 2 aromatic rings. The van der Waals surface area contributed by atoms with Crippen LogP contribution in [0.1, 0.15) is 51.0 Å². The van der Waals surface area contributed by atoms with E-state index in [9.17, 15) is 0 Å². The Kier molecular flexibility index (Phi) is 4.99. The van der Waals surface area contributed by atoms with Gasteiger partial charge in [-0.25, -0.2) is 4.98 Å². The van der Waals surface area contributed by atoms with Crippen LogP contribution in [-0.4, -0.2) is 4.98 Å². The molecule has 0 saturated carbocycles. The van der Waals surface area contributed by atoms with Crippen LogP contribution >= 0.6 is 11.3 Å². The van der Waals surface area contributed by atoms with Gasteiger partial charge in [-0.05, 0) is 30.5 Å². The molecule has 0 aliphatic heterocycles. The van der Waals surface area contributed by atoms with Gasteiger partial charge in [0, 0.05) is 0 Å². The van der Waals surface area contributed by atoms with Crippen LogP contribution in [0.5, 0.6) is 0 Å². The zero-order valence-corrected chi connectivity index (χ0v) is 11.4. The van der Waals surface area contributed by atoms with Crippen LogP contribution in [0.25, 0.3) is 10.2 Å². The summed E-state index contributed by atoms with van der Waals surface area (Å²) < 4.78 is 1.27. The van der Waals surface area contributed by atoms with Crippen molar-refractivity contribution in [2.75, 3.05) is 0 Å². The zero-order chi connectivity index (χ0) is 11.9. The average Bonchev–Trinajstić information content (AvgIpc) is 2.81. The minimum atomic E-state index is 1.08. The van der Waals surface area contributed by atoms with Gasteiger partial charge < -0.3 is 0 Å². The van der Waals surface area contributed by atoms with Crippen molar-refractivity contribution in [1.82, 2.24) is 4.98 Å². The van der Waals surface area contributed by atoms with Gasteiger partial charge in [-0.2, -0.15) is 0 Å². The highest BCUT2D eigenvalue weighted by Gasteiger charge is 1.99. The van der Waals surface area contributed by atoms with Crippen LogP contribution < -0.4 is 0 Å². The smallest absolute Gasteiger partial charge is 0.153 e. The summed E-state index contributed by atoms with van der Waals surface area (Å²) in [7, 11) is 0. The van der Waals surface area contributed by atoms with Gasteiger partial charge in [0.15, 0.2) is 5.51 Å². The Bertz CT molecular complexity index is 447. The predicted octanol–water partition coefficient (Wildman–Crippen LogP) is 5.00. The van der Waals surface area contributed by atoms with Gasteiger partial charge in [-0.15, -0.1) is 11.3 Å². The maximum absolute atomic E-state index is 4.18. The Hall–Kier alpha value is -0.890. The summed E-state index contributed by atoms with van der Waals surface area (Å²) in [6.07, 6.45) is 9.41. The molecule has 0 saturated heterocycles. The molecular formula is C15H20NS. The van der Waals surface area contributed by atoms with E-state index >= 15 is 0 Å². The molecule has 0 unspecified atom stereocenters. The van der Waals surface area contributed by atoms with Gasteiger partial charge in [0.05, 0.1) is 10.2 Å². The number of rotatable bonds is 7. The number of unbranched alkanes of at least 4 members (excludes halogenated alkanes) is 5. The van der Waals surface area contributed by atoms with Gasteiger partial charge >= 0.3 is 0 Å². The molecule has 0 amide bonds. The molecule has 1 aromatic heterocycles. The minimum absolute atomic E-state index is 1.08. The fourth-order valence-electron chi connectivity index (χ4n) is 2.12. The third-order valence-electron chi connectivity index (χ3n) is 3.16. The summed E-state index contributed by atoms with van der Waals surface area (Å²) in [4.78, 5) is 4.18. The monoisotopic (exact) mass is 246 g/mol. The molecule has 2 heteroatoms. The van der Waals surface area contributed by atoms with Crippen molar-refractivity contribution in [3.8, 4) is 0 Å². The first-order valence-corrected chi connectivity index (χ1v) is 7.47. The van der Waals surface area contributed by atoms with E-state index in [1.54, 1.807) is 11.3 Å². The molecule has 1 heterocycles. The molecule has 0 atom stereocenters. The van der Waals surface area contributed by atoms with Crippen molar-refractivity contribution in [2.24, 2.45) is 0 Å². The van der Waals surface area contributed by atoms with E-state index in [4.69, 9.17) is 0 Å². The van der Waals surface area contributed by atoms with Crippen molar-refractivity contribution in [3.63, 3.8) is 0 Å². The highest BCUT2D eigenvalue weighted by molar-refractivity contribution is 7.16. The molecule has 2 rings (SSSR count). The van der Waals surface area contributed by atoms with Crippen LogP contribution in [0.2, 0.25) is 0 Å². The molecule has 0 N–H and O–H groups in total. The number of aromatic nitrogens is 1. The lowest BCUT2D eigenvalue weighted by Gasteiger charge is -2.02. The summed E-state index contributed by atoms with van der Waals surface area (Å²) in [5.41, 5.74) is 5.48. The van der Waals surface area contributed by atoms with E-state index in [1.165, 1.54) is 55.2 Å². The SMILES string of the molecule is CCCCCCCCc1ccc2n[c]sc2c1. The van der Waals surface area contributed by atoms with Crippen molar-refractivity contribution < 1.29 is 0 Å². The molecule has 1 radical (unpaired) electrons. The van der Waals surface area contributed by atoms with Crippen molar-refractivity contribution in [3.05, 3.63) is 29.3 Å². The van der Waals surface area contributed by atoms with Gasteiger partial charge in [0.2, 0.25) is 0 Å². The summed E-state index contributed by atoms with van der Waals surface area (Å²) in [6, 6.07) is 6.60. The molecule has 1 aromatic carbocycles. The third-order valence-corrected chi connectivity index (χ3v) is 3.89. The maximum atomic E-state index is 4.18. The van der Waals surface area contributed by atoms with E-state index in [1.807, 2.05) is 0 Å². The lowest BCUT2D eigenvalue weighted by Crippen LogP contribution is -1.86. The van der Waals surface area contributed by atoms with E-state index in [-0.39, 0.29) is 0 Å². The van der Waals surface area contributed by atoms with Crippen LogP contribution in [0.4, 0.5) is 0 Å². The summed E-state index contributed by atoms with van der Waals surface area (Å²) >= 11 is 1.62. The highest BCUT2D eigenvalue weighted by Crippen LogP contribution is 2.20. The molecule has 0 spiro atoms. The second kappa shape index (κ2) is 6.75. The van der Waals surface area contributed by atoms with Crippen LogP contribution in [0.3, 0.4) is 0 Å². The highest BCUT2D eigenvalue weighted by atomic mass is 32.1. The first-order valence-electron chi connectivity index (χ1n) is 6.65. The average molecular weight is 246 g/mol. The molecule has 0 fully saturated rings. The van der Waals surface area contributed by atoms with Crippen molar-refractivity contribution in [1.29, 1.82) is 0 Å². The first-order chi connectivity index (χ1) is 8.40. The summed E-state index contributed by atoms with van der Waals surface area (Å²) in [5, 5.41) is 0. The van der Waals surface area contributed by atoms with E-state index in [2.05, 4.69) is 35.6 Å².